The van der Waals surface area contributed by atoms with Gasteiger partial charge in [0.1, 0.15) is 5.82 Å². The summed E-state index contributed by atoms with van der Waals surface area (Å²) >= 11 is 0. The van der Waals surface area contributed by atoms with Crippen LogP contribution in [0, 0.1) is 0 Å². The molecule has 0 spiro atoms. The number of rotatable bonds is 5. The number of imidazole rings is 1. The van der Waals surface area contributed by atoms with Crippen molar-refractivity contribution >= 4 is 22.1 Å². The lowest BCUT2D eigenvalue weighted by Gasteiger charge is -2.12. The van der Waals surface area contributed by atoms with Crippen LogP contribution >= 0.6 is 0 Å². The van der Waals surface area contributed by atoms with E-state index in [1.54, 1.807) is 14.2 Å². The predicted molar refractivity (Wildman–Crippen MR) is 117 cm³/mol. The van der Waals surface area contributed by atoms with E-state index in [2.05, 4.69) is 4.98 Å². The standard InChI is InChI=1S/C24H20N4O2/c1-29-21-12-11-15(13-22(21)30-2)24-20(25-16-7-3-6-10-19(16)28-24)14-23-26-17-8-4-5-9-18(17)27-23/h3-13H,14H2,1-2H3,(H,26,27). The molecular weight excluding hydrogens is 376 g/mol. The van der Waals surface area contributed by atoms with Crippen LogP contribution in [-0.2, 0) is 6.42 Å². The van der Waals surface area contributed by atoms with Crippen LogP contribution in [0.4, 0.5) is 0 Å². The fraction of sp³-hybridized carbons (Fsp3) is 0.125. The Morgan fingerprint density at radius 3 is 2.17 bits per heavy atom. The van der Waals surface area contributed by atoms with Crippen LogP contribution in [0.5, 0.6) is 11.5 Å². The second-order valence-corrected chi connectivity index (χ2v) is 6.95. The zero-order chi connectivity index (χ0) is 20.5. The molecule has 5 aromatic rings. The minimum Gasteiger partial charge on any atom is -0.493 e. The number of H-pyrrole nitrogens is 1. The van der Waals surface area contributed by atoms with Gasteiger partial charge in [0.25, 0.3) is 0 Å². The summed E-state index contributed by atoms with van der Waals surface area (Å²) in [5.41, 5.74) is 6.21. The predicted octanol–water partition coefficient (Wildman–Crippen LogP) is 4.78. The number of fused-ring (bicyclic) bond motifs is 2. The normalized spacial score (nSPS) is 11.1. The van der Waals surface area contributed by atoms with Gasteiger partial charge in [-0.2, -0.15) is 0 Å². The number of nitrogens with one attached hydrogen (secondary N) is 1. The average Bonchev–Trinajstić information content (AvgIpc) is 3.20. The third-order valence-electron chi connectivity index (χ3n) is 5.07. The number of benzene rings is 3. The van der Waals surface area contributed by atoms with E-state index in [0.717, 1.165) is 44.8 Å². The molecule has 1 N–H and O–H groups in total. The first-order valence-electron chi connectivity index (χ1n) is 9.67. The Morgan fingerprint density at radius 2 is 1.43 bits per heavy atom. The van der Waals surface area contributed by atoms with E-state index in [0.29, 0.717) is 17.9 Å². The first-order valence-corrected chi connectivity index (χ1v) is 9.67. The van der Waals surface area contributed by atoms with Crippen molar-refractivity contribution in [2.75, 3.05) is 14.2 Å². The largest absolute Gasteiger partial charge is 0.493 e. The summed E-state index contributed by atoms with van der Waals surface area (Å²) in [5.74, 6) is 2.18. The van der Waals surface area contributed by atoms with Gasteiger partial charge in [-0.15, -0.1) is 0 Å². The van der Waals surface area contributed by atoms with Gasteiger partial charge in [0.05, 0.1) is 54.1 Å². The summed E-state index contributed by atoms with van der Waals surface area (Å²) in [7, 11) is 3.25. The molecule has 0 aliphatic carbocycles. The number of hydrogen-bond acceptors (Lipinski definition) is 5. The fourth-order valence-electron chi connectivity index (χ4n) is 3.62. The van der Waals surface area contributed by atoms with Crippen LogP contribution in [0.2, 0.25) is 0 Å². The van der Waals surface area contributed by atoms with Crippen molar-refractivity contribution in [2.24, 2.45) is 0 Å². The van der Waals surface area contributed by atoms with Crippen LogP contribution in [0.25, 0.3) is 33.3 Å². The Labute approximate surface area is 173 Å². The van der Waals surface area contributed by atoms with Gasteiger partial charge in [0.2, 0.25) is 0 Å². The van der Waals surface area contributed by atoms with Crippen molar-refractivity contribution in [1.29, 1.82) is 0 Å². The lowest BCUT2D eigenvalue weighted by molar-refractivity contribution is 0.355. The van der Waals surface area contributed by atoms with Crippen LogP contribution in [-0.4, -0.2) is 34.2 Å². The van der Waals surface area contributed by atoms with E-state index in [9.17, 15) is 0 Å². The van der Waals surface area contributed by atoms with Crippen molar-refractivity contribution < 1.29 is 9.47 Å². The molecule has 3 aromatic carbocycles. The summed E-state index contributed by atoms with van der Waals surface area (Å²) in [4.78, 5) is 18.0. The van der Waals surface area contributed by atoms with E-state index >= 15 is 0 Å². The van der Waals surface area contributed by atoms with E-state index in [1.807, 2.05) is 66.7 Å². The summed E-state index contributed by atoms with van der Waals surface area (Å²) in [6.45, 7) is 0. The van der Waals surface area contributed by atoms with Crippen molar-refractivity contribution in [3.63, 3.8) is 0 Å². The van der Waals surface area contributed by atoms with Gasteiger partial charge in [-0.25, -0.2) is 15.0 Å². The first kappa shape index (κ1) is 18.1. The molecule has 0 amide bonds. The molecule has 5 rings (SSSR count). The van der Waals surface area contributed by atoms with E-state index in [-0.39, 0.29) is 0 Å². The molecular formula is C24H20N4O2. The molecule has 0 saturated carbocycles. The highest BCUT2D eigenvalue weighted by molar-refractivity contribution is 5.79. The quantitative estimate of drug-likeness (QED) is 0.463. The summed E-state index contributed by atoms with van der Waals surface area (Å²) < 4.78 is 10.9. The van der Waals surface area contributed by atoms with E-state index in [1.165, 1.54) is 0 Å². The molecule has 0 aliphatic heterocycles. The highest BCUT2D eigenvalue weighted by Crippen LogP contribution is 2.33. The molecule has 2 aromatic heterocycles. The van der Waals surface area contributed by atoms with Gasteiger partial charge >= 0.3 is 0 Å². The van der Waals surface area contributed by atoms with Crippen molar-refractivity contribution in [1.82, 2.24) is 19.9 Å². The van der Waals surface area contributed by atoms with Gasteiger partial charge < -0.3 is 14.5 Å². The first-order chi connectivity index (χ1) is 14.7. The number of aromatic nitrogens is 4. The third kappa shape index (κ3) is 3.22. The van der Waals surface area contributed by atoms with Crippen molar-refractivity contribution in [2.45, 2.75) is 6.42 Å². The second kappa shape index (κ2) is 7.48. The summed E-state index contributed by atoms with van der Waals surface area (Å²) in [5, 5.41) is 0. The SMILES string of the molecule is COc1ccc(-c2nc3ccccc3nc2Cc2nc3ccccc3[nH]2)cc1OC. The number of ether oxygens (including phenoxy) is 2. The summed E-state index contributed by atoms with van der Waals surface area (Å²) in [6, 6.07) is 21.7. The molecule has 6 nitrogen and oxygen atoms in total. The minimum atomic E-state index is 0.538. The number of hydrogen-bond donors (Lipinski definition) is 1. The maximum atomic E-state index is 5.49. The van der Waals surface area contributed by atoms with Gasteiger partial charge in [0.15, 0.2) is 11.5 Å². The highest BCUT2D eigenvalue weighted by atomic mass is 16.5. The molecule has 2 heterocycles. The lowest BCUT2D eigenvalue weighted by atomic mass is 10.1. The lowest BCUT2D eigenvalue weighted by Crippen LogP contribution is -2.02. The van der Waals surface area contributed by atoms with Crippen molar-refractivity contribution in [3.05, 3.63) is 78.2 Å². The second-order valence-electron chi connectivity index (χ2n) is 6.95. The molecule has 0 aliphatic rings. The molecule has 148 valence electrons. The fourth-order valence-corrected chi connectivity index (χ4v) is 3.62. The number of nitrogens with zero attached hydrogens (tertiary/aromatic N) is 3. The molecule has 0 saturated heterocycles. The number of aromatic amines is 1. The molecule has 0 radical (unpaired) electrons. The summed E-state index contributed by atoms with van der Waals surface area (Å²) in [6.07, 6.45) is 0.538. The Balaban J connectivity index is 1.66. The molecule has 30 heavy (non-hydrogen) atoms. The van der Waals surface area contributed by atoms with E-state index < -0.39 is 0 Å². The topological polar surface area (TPSA) is 72.9 Å². The van der Waals surface area contributed by atoms with Gasteiger partial charge in [-0.05, 0) is 42.5 Å². The maximum absolute atomic E-state index is 5.49. The third-order valence-corrected chi connectivity index (χ3v) is 5.07. The molecule has 0 unspecified atom stereocenters. The number of methoxy groups -OCH3 is 2. The minimum absolute atomic E-state index is 0.538. The van der Waals surface area contributed by atoms with Crippen LogP contribution in [0.3, 0.4) is 0 Å². The van der Waals surface area contributed by atoms with Crippen LogP contribution < -0.4 is 9.47 Å². The molecule has 0 bridgehead atoms. The van der Waals surface area contributed by atoms with Crippen LogP contribution in [0.1, 0.15) is 11.5 Å². The van der Waals surface area contributed by atoms with Crippen LogP contribution in [0.15, 0.2) is 66.7 Å². The average molecular weight is 396 g/mol. The Hall–Kier alpha value is -3.93. The Bertz CT molecular complexity index is 1330. The Kier molecular flexibility index (Phi) is 4.52. The number of para-hydroxylation sites is 4. The van der Waals surface area contributed by atoms with Gasteiger partial charge in [-0.3, -0.25) is 0 Å². The monoisotopic (exact) mass is 396 g/mol. The smallest absolute Gasteiger partial charge is 0.161 e. The molecule has 6 heteroatoms. The van der Waals surface area contributed by atoms with Crippen molar-refractivity contribution in [3.8, 4) is 22.8 Å². The van der Waals surface area contributed by atoms with Gasteiger partial charge in [0, 0.05) is 5.56 Å². The zero-order valence-electron chi connectivity index (χ0n) is 16.7. The van der Waals surface area contributed by atoms with Gasteiger partial charge in [-0.1, -0.05) is 24.3 Å². The molecule has 0 atom stereocenters. The highest BCUT2D eigenvalue weighted by Gasteiger charge is 2.16. The zero-order valence-corrected chi connectivity index (χ0v) is 16.7. The molecule has 0 fully saturated rings. The maximum Gasteiger partial charge on any atom is 0.161 e. The Morgan fingerprint density at radius 1 is 0.733 bits per heavy atom. The van der Waals surface area contributed by atoms with E-state index in [4.69, 9.17) is 24.4 Å².